The molecule has 0 radical (unpaired) electrons. The minimum atomic E-state index is -3.64. The van der Waals surface area contributed by atoms with Gasteiger partial charge in [0.2, 0.25) is 10.0 Å². The maximum absolute atomic E-state index is 13.4. The first-order valence-electron chi connectivity index (χ1n) is 10.8. The Kier molecular flexibility index (Phi) is 4.57. The van der Waals surface area contributed by atoms with Crippen molar-refractivity contribution in [3.05, 3.63) is 59.2 Å². The third kappa shape index (κ3) is 2.81. The van der Waals surface area contributed by atoms with Crippen LogP contribution >= 0.6 is 0 Å². The molecule has 3 aromatic rings. The van der Waals surface area contributed by atoms with E-state index < -0.39 is 10.0 Å². The zero-order valence-corrected chi connectivity index (χ0v) is 19.2. The van der Waals surface area contributed by atoms with Crippen molar-refractivity contribution in [3.8, 4) is 5.69 Å². The van der Waals surface area contributed by atoms with E-state index in [2.05, 4.69) is 65.0 Å². The molecule has 1 fully saturated rings. The van der Waals surface area contributed by atoms with Gasteiger partial charge in [0.1, 0.15) is 10.6 Å². The van der Waals surface area contributed by atoms with Crippen molar-refractivity contribution in [2.75, 3.05) is 24.5 Å². The standard InChI is InChI=1S/C23H28N4O3S/c1-5-27-20-15-16(2)8-9-19(20)26-12-6-7-21(26)23(27)10-13-25(14-11-23)31(28,29)22-17(3)24-30-18(22)4/h6-9,12,15H,5,10-11,13-14H2,1-4H3. The summed E-state index contributed by atoms with van der Waals surface area (Å²) in [6, 6.07) is 10.8. The van der Waals surface area contributed by atoms with Crippen molar-refractivity contribution in [2.24, 2.45) is 0 Å². The van der Waals surface area contributed by atoms with Crippen LogP contribution < -0.4 is 4.90 Å². The summed E-state index contributed by atoms with van der Waals surface area (Å²) in [4.78, 5) is 2.69. The van der Waals surface area contributed by atoms with E-state index >= 15 is 0 Å². The number of benzene rings is 1. The van der Waals surface area contributed by atoms with Gasteiger partial charge >= 0.3 is 0 Å². The van der Waals surface area contributed by atoms with E-state index in [9.17, 15) is 8.42 Å². The topological polar surface area (TPSA) is 71.6 Å². The van der Waals surface area contributed by atoms with Gasteiger partial charge < -0.3 is 14.0 Å². The smallest absolute Gasteiger partial charge is 0.248 e. The number of fused-ring (bicyclic) bond motifs is 4. The molecule has 2 aliphatic rings. The van der Waals surface area contributed by atoms with Crippen LogP contribution in [0, 0.1) is 20.8 Å². The van der Waals surface area contributed by atoms with Gasteiger partial charge in [-0.2, -0.15) is 4.31 Å². The van der Waals surface area contributed by atoms with E-state index in [-0.39, 0.29) is 10.4 Å². The fourth-order valence-corrected chi connectivity index (χ4v) is 7.19. The molecule has 164 valence electrons. The van der Waals surface area contributed by atoms with Crippen molar-refractivity contribution in [2.45, 2.75) is 51.0 Å². The molecule has 8 heteroatoms. The zero-order chi connectivity index (χ0) is 22.0. The maximum atomic E-state index is 13.4. The molecule has 0 atom stereocenters. The van der Waals surface area contributed by atoms with E-state index in [1.54, 1.807) is 18.2 Å². The number of aryl methyl sites for hydroxylation is 3. The Morgan fingerprint density at radius 2 is 1.84 bits per heavy atom. The second-order valence-electron chi connectivity index (χ2n) is 8.59. The number of sulfonamides is 1. The zero-order valence-electron chi connectivity index (χ0n) is 18.4. The molecule has 0 aliphatic carbocycles. The van der Waals surface area contributed by atoms with Gasteiger partial charge in [-0.1, -0.05) is 11.2 Å². The van der Waals surface area contributed by atoms with Gasteiger partial charge in [0.05, 0.1) is 16.9 Å². The lowest BCUT2D eigenvalue weighted by Gasteiger charge is -2.52. The van der Waals surface area contributed by atoms with E-state index in [1.165, 1.54) is 22.6 Å². The van der Waals surface area contributed by atoms with E-state index in [1.807, 2.05) is 0 Å². The number of piperidine rings is 1. The van der Waals surface area contributed by atoms with Crippen molar-refractivity contribution >= 4 is 15.7 Å². The van der Waals surface area contributed by atoms with Crippen LogP contribution in [0.2, 0.25) is 0 Å². The van der Waals surface area contributed by atoms with Gasteiger partial charge in [-0.05, 0) is 70.4 Å². The number of nitrogens with zero attached hydrogens (tertiary/aromatic N) is 4. The van der Waals surface area contributed by atoms with Crippen LogP contribution in [0.1, 0.15) is 42.5 Å². The Hall–Kier alpha value is -2.58. The molecule has 2 aromatic heterocycles. The first-order valence-corrected chi connectivity index (χ1v) is 12.2. The van der Waals surface area contributed by atoms with Gasteiger partial charge in [0.25, 0.3) is 0 Å². The predicted octanol–water partition coefficient (Wildman–Crippen LogP) is 3.91. The monoisotopic (exact) mass is 440 g/mol. The lowest BCUT2D eigenvalue weighted by molar-refractivity contribution is 0.214. The summed E-state index contributed by atoms with van der Waals surface area (Å²) in [6.07, 6.45) is 3.56. The Morgan fingerprint density at radius 3 is 2.48 bits per heavy atom. The first-order chi connectivity index (χ1) is 14.8. The maximum Gasteiger partial charge on any atom is 0.248 e. The molecule has 2 aliphatic heterocycles. The summed E-state index contributed by atoms with van der Waals surface area (Å²) >= 11 is 0. The molecular formula is C23H28N4O3S. The van der Waals surface area contributed by atoms with Crippen molar-refractivity contribution < 1.29 is 12.9 Å². The Morgan fingerprint density at radius 1 is 1.10 bits per heavy atom. The number of hydrogen-bond acceptors (Lipinski definition) is 5. The average molecular weight is 441 g/mol. The fourth-order valence-electron chi connectivity index (χ4n) is 5.46. The molecule has 0 amide bonds. The summed E-state index contributed by atoms with van der Waals surface area (Å²) in [5.74, 6) is 0.351. The number of rotatable bonds is 3. The van der Waals surface area contributed by atoms with Crippen LogP contribution in [0.5, 0.6) is 0 Å². The van der Waals surface area contributed by atoms with Crippen molar-refractivity contribution in [3.63, 3.8) is 0 Å². The Bertz CT molecular complexity index is 1230. The van der Waals surface area contributed by atoms with Gasteiger partial charge in [0, 0.05) is 31.5 Å². The second kappa shape index (κ2) is 6.97. The van der Waals surface area contributed by atoms with Crippen LogP contribution in [0.15, 0.2) is 45.9 Å². The molecule has 0 saturated carbocycles. The van der Waals surface area contributed by atoms with Crippen molar-refractivity contribution in [1.29, 1.82) is 0 Å². The van der Waals surface area contributed by atoms with Gasteiger partial charge in [-0.25, -0.2) is 8.42 Å². The lowest BCUT2D eigenvalue weighted by atomic mass is 9.81. The highest BCUT2D eigenvalue weighted by atomic mass is 32.2. The summed E-state index contributed by atoms with van der Waals surface area (Å²) in [5.41, 5.74) is 5.05. The summed E-state index contributed by atoms with van der Waals surface area (Å²) < 4.78 is 35.7. The highest BCUT2D eigenvalue weighted by molar-refractivity contribution is 7.89. The summed E-state index contributed by atoms with van der Waals surface area (Å²) in [5, 5.41) is 3.85. The Labute approximate surface area is 183 Å². The third-order valence-electron chi connectivity index (χ3n) is 6.86. The molecule has 1 aromatic carbocycles. The summed E-state index contributed by atoms with van der Waals surface area (Å²) in [7, 11) is -3.64. The molecule has 0 N–H and O–H groups in total. The first kappa shape index (κ1) is 20.3. The molecule has 31 heavy (non-hydrogen) atoms. The van der Waals surface area contributed by atoms with E-state index in [0.29, 0.717) is 24.5 Å². The summed E-state index contributed by atoms with van der Waals surface area (Å²) in [6.45, 7) is 9.40. The normalized spacial score (nSPS) is 18.3. The highest BCUT2D eigenvalue weighted by Crippen LogP contribution is 2.48. The predicted molar refractivity (Wildman–Crippen MR) is 119 cm³/mol. The van der Waals surface area contributed by atoms with E-state index in [4.69, 9.17) is 4.52 Å². The van der Waals surface area contributed by atoms with Gasteiger partial charge in [0.15, 0.2) is 5.76 Å². The minimum Gasteiger partial charge on any atom is -0.360 e. The largest absolute Gasteiger partial charge is 0.360 e. The highest BCUT2D eigenvalue weighted by Gasteiger charge is 2.48. The molecule has 5 rings (SSSR count). The minimum absolute atomic E-state index is 0.212. The molecule has 1 saturated heterocycles. The van der Waals surface area contributed by atoms with E-state index in [0.717, 1.165) is 19.4 Å². The van der Waals surface area contributed by atoms with Gasteiger partial charge in [-0.3, -0.25) is 0 Å². The SMILES string of the molecule is CCN1c2cc(C)ccc2-n2cccc2C12CCN(S(=O)(=O)c1c(C)noc1C)CC2. The van der Waals surface area contributed by atoms with Crippen molar-refractivity contribution in [1.82, 2.24) is 14.0 Å². The van der Waals surface area contributed by atoms with Crippen LogP contribution in [0.4, 0.5) is 5.69 Å². The quantitative estimate of drug-likeness (QED) is 0.618. The average Bonchev–Trinajstić information content (AvgIpc) is 3.36. The number of anilines is 1. The molecule has 1 spiro atoms. The van der Waals surface area contributed by atoms with Crippen LogP contribution in [0.25, 0.3) is 5.69 Å². The van der Waals surface area contributed by atoms with Crippen LogP contribution in [0.3, 0.4) is 0 Å². The molecule has 7 nitrogen and oxygen atoms in total. The third-order valence-corrected chi connectivity index (χ3v) is 9.00. The van der Waals surface area contributed by atoms with Crippen LogP contribution in [-0.4, -0.2) is 42.1 Å². The molecule has 4 heterocycles. The number of hydrogen-bond donors (Lipinski definition) is 0. The molecule has 0 bridgehead atoms. The molecule has 0 unspecified atom stereocenters. The lowest BCUT2D eigenvalue weighted by Crippen LogP contribution is -2.56. The van der Waals surface area contributed by atoms with Gasteiger partial charge in [-0.15, -0.1) is 0 Å². The second-order valence-corrected chi connectivity index (χ2v) is 10.5. The fraction of sp³-hybridized carbons (Fsp3) is 0.435. The molecular weight excluding hydrogens is 412 g/mol. The van der Waals surface area contributed by atoms with Crippen LogP contribution in [-0.2, 0) is 15.6 Å². The number of aromatic nitrogens is 2. The Balaban J connectivity index is 1.54.